The highest BCUT2D eigenvalue weighted by Crippen LogP contribution is 2.28. The highest BCUT2D eigenvalue weighted by molar-refractivity contribution is 7.99. The molecule has 174 valence electrons. The molecule has 0 aliphatic carbocycles. The number of morpholine rings is 1. The fraction of sp³-hybridized carbons (Fsp3) is 0.375. The Morgan fingerprint density at radius 1 is 1.15 bits per heavy atom. The van der Waals surface area contributed by atoms with E-state index in [0.717, 1.165) is 5.56 Å². The number of carbonyl (C=O) groups is 1. The molecule has 1 amide bonds. The van der Waals surface area contributed by atoms with E-state index in [0.29, 0.717) is 49.6 Å². The maximum atomic E-state index is 14.0. The molecule has 9 heteroatoms. The van der Waals surface area contributed by atoms with Crippen molar-refractivity contribution in [3.63, 3.8) is 0 Å². The number of benzene rings is 2. The molecule has 1 aromatic heterocycles. The van der Waals surface area contributed by atoms with Gasteiger partial charge in [0, 0.05) is 26.7 Å². The molecule has 0 spiro atoms. The Kier molecular flexibility index (Phi) is 7.29. The highest BCUT2D eigenvalue weighted by atomic mass is 32.2. The first kappa shape index (κ1) is 23.3. The smallest absolute Gasteiger partial charge is 0.233 e. The number of rotatable bonds is 7. The van der Waals surface area contributed by atoms with Gasteiger partial charge in [-0.3, -0.25) is 9.36 Å². The van der Waals surface area contributed by atoms with E-state index in [1.54, 1.807) is 18.0 Å². The molecule has 0 N–H and O–H groups in total. The molecule has 1 fully saturated rings. The predicted octanol–water partition coefficient (Wildman–Crippen LogP) is 3.61. The third-order valence-corrected chi connectivity index (χ3v) is 6.55. The van der Waals surface area contributed by atoms with Crippen LogP contribution in [0.5, 0.6) is 0 Å². The van der Waals surface area contributed by atoms with Crippen LogP contribution in [0.3, 0.4) is 0 Å². The Labute approximate surface area is 197 Å². The van der Waals surface area contributed by atoms with Crippen LogP contribution >= 0.6 is 11.8 Å². The molecule has 2 heterocycles. The molecule has 33 heavy (non-hydrogen) atoms. The number of nitrogens with zero attached hydrogens (tertiary/aromatic N) is 5. The molecule has 1 aliphatic heterocycles. The number of aryl methyl sites for hydroxylation is 2. The predicted molar refractivity (Wildman–Crippen MR) is 127 cm³/mol. The summed E-state index contributed by atoms with van der Waals surface area (Å²) in [6.45, 7) is 7.21. The lowest BCUT2D eigenvalue weighted by atomic mass is 10.1. The largest absolute Gasteiger partial charge is 0.378 e. The zero-order valence-electron chi connectivity index (χ0n) is 19.1. The first-order valence-electron chi connectivity index (χ1n) is 10.9. The number of ether oxygens (including phenoxy) is 1. The van der Waals surface area contributed by atoms with E-state index in [1.165, 1.54) is 35.0 Å². The molecule has 1 saturated heterocycles. The molecule has 0 atom stereocenters. The fourth-order valence-electron chi connectivity index (χ4n) is 3.77. The van der Waals surface area contributed by atoms with Crippen LogP contribution in [0.1, 0.15) is 16.7 Å². The normalized spacial score (nSPS) is 13.9. The molecule has 4 rings (SSSR count). The van der Waals surface area contributed by atoms with Gasteiger partial charge < -0.3 is 14.5 Å². The molecule has 0 radical (unpaired) electrons. The summed E-state index contributed by atoms with van der Waals surface area (Å²) in [6, 6.07) is 12.6. The van der Waals surface area contributed by atoms with Gasteiger partial charge in [0.25, 0.3) is 0 Å². The van der Waals surface area contributed by atoms with Crippen LogP contribution < -0.4 is 4.90 Å². The minimum atomic E-state index is -0.339. The van der Waals surface area contributed by atoms with Crippen molar-refractivity contribution in [2.24, 2.45) is 0 Å². The lowest BCUT2D eigenvalue weighted by Gasteiger charge is -2.28. The zero-order chi connectivity index (χ0) is 23.4. The first-order chi connectivity index (χ1) is 15.9. The second-order valence-corrected chi connectivity index (χ2v) is 9.11. The summed E-state index contributed by atoms with van der Waals surface area (Å²) >= 11 is 1.30. The van der Waals surface area contributed by atoms with Gasteiger partial charge in [-0.25, -0.2) is 4.39 Å². The lowest BCUT2D eigenvalue weighted by molar-refractivity contribution is -0.127. The topological polar surface area (TPSA) is 63.5 Å². The van der Waals surface area contributed by atoms with Crippen LogP contribution in [0.4, 0.5) is 10.3 Å². The van der Waals surface area contributed by atoms with Crippen LogP contribution in [-0.2, 0) is 16.1 Å². The molecule has 1 aliphatic rings. The molecular weight excluding hydrogens is 441 g/mol. The van der Waals surface area contributed by atoms with Crippen LogP contribution in [0.15, 0.2) is 47.6 Å². The standard InChI is InChI=1S/C24H28FN5O2S/c1-17-7-8-19(18(2)13-17)15-28(3)22(31)16-33-24-27-26-23(29-9-11-32-12-10-29)30(24)21-6-4-5-20(25)14-21/h4-8,13-14H,9-12,15-16H2,1-3H3. The van der Waals surface area contributed by atoms with Crippen molar-refractivity contribution >= 4 is 23.6 Å². The Morgan fingerprint density at radius 2 is 1.94 bits per heavy atom. The van der Waals surface area contributed by atoms with E-state index < -0.39 is 0 Å². The Balaban J connectivity index is 1.51. The van der Waals surface area contributed by atoms with E-state index in [4.69, 9.17) is 4.74 Å². The van der Waals surface area contributed by atoms with E-state index >= 15 is 0 Å². The number of amides is 1. The van der Waals surface area contributed by atoms with Gasteiger partial charge in [0.2, 0.25) is 11.9 Å². The number of aromatic nitrogens is 3. The lowest BCUT2D eigenvalue weighted by Crippen LogP contribution is -2.37. The van der Waals surface area contributed by atoms with Gasteiger partial charge in [0.05, 0.1) is 24.7 Å². The summed E-state index contributed by atoms with van der Waals surface area (Å²) in [5, 5.41) is 9.26. The van der Waals surface area contributed by atoms with E-state index in [1.807, 2.05) is 10.6 Å². The summed E-state index contributed by atoms with van der Waals surface area (Å²) in [4.78, 5) is 16.7. The SMILES string of the molecule is Cc1ccc(CN(C)C(=O)CSc2nnc(N3CCOCC3)n2-c2cccc(F)c2)c(C)c1. The van der Waals surface area contributed by atoms with Crippen LogP contribution in [0.2, 0.25) is 0 Å². The Morgan fingerprint density at radius 3 is 2.67 bits per heavy atom. The quantitative estimate of drug-likeness (QED) is 0.493. The third-order valence-electron chi connectivity index (χ3n) is 5.63. The van der Waals surface area contributed by atoms with Crippen LogP contribution in [0, 0.1) is 19.7 Å². The van der Waals surface area contributed by atoms with Gasteiger partial charge in [0.15, 0.2) is 5.16 Å². The molecule has 2 aromatic carbocycles. The second kappa shape index (κ2) is 10.4. The molecule has 7 nitrogen and oxygen atoms in total. The van der Waals surface area contributed by atoms with Gasteiger partial charge in [0.1, 0.15) is 5.82 Å². The average molecular weight is 470 g/mol. The second-order valence-electron chi connectivity index (χ2n) is 8.17. The maximum Gasteiger partial charge on any atom is 0.233 e. The minimum Gasteiger partial charge on any atom is -0.378 e. The maximum absolute atomic E-state index is 14.0. The fourth-order valence-corrected chi connectivity index (χ4v) is 4.66. The van der Waals surface area contributed by atoms with Gasteiger partial charge in [-0.15, -0.1) is 10.2 Å². The molecule has 3 aromatic rings. The highest BCUT2D eigenvalue weighted by Gasteiger charge is 2.23. The first-order valence-corrected chi connectivity index (χ1v) is 11.9. The molecule has 0 unspecified atom stereocenters. The Bertz CT molecular complexity index is 1130. The summed E-state index contributed by atoms with van der Waals surface area (Å²) in [6.07, 6.45) is 0. The van der Waals surface area contributed by atoms with E-state index in [2.05, 4.69) is 47.1 Å². The van der Waals surface area contributed by atoms with E-state index in [9.17, 15) is 9.18 Å². The summed E-state index contributed by atoms with van der Waals surface area (Å²) in [5.41, 5.74) is 4.12. The number of halogens is 1. The molecular formula is C24H28FN5O2S. The summed E-state index contributed by atoms with van der Waals surface area (Å²) in [5.74, 6) is 0.483. The van der Waals surface area contributed by atoms with Crippen molar-refractivity contribution in [2.45, 2.75) is 25.5 Å². The van der Waals surface area contributed by atoms with Crippen molar-refractivity contribution in [3.05, 3.63) is 65.0 Å². The Hall–Kier alpha value is -2.91. The number of thioether (sulfide) groups is 1. The van der Waals surface area contributed by atoms with Crippen molar-refractivity contribution in [1.29, 1.82) is 0 Å². The van der Waals surface area contributed by atoms with Crippen molar-refractivity contribution in [1.82, 2.24) is 19.7 Å². The molecule has 0 saturated carbocycles. The number of hydrogen-bond acceptors (Lipinski definition) is 6. The van der Waals surface area contributed by atoms with Gasteiger partial charge in [-0.05, 0) is 43.2 Å². The van der Waals surface area contributed by atoms with Crippen LogP contribution in [0.25, 0.3) is 5.69 Å². The van der Waals surface area contributed by atoms with Crippen molar-refractivity contribution in [3.8, 4) is 5.69 Å². The zero-order valence-corrected chi connectivity index (χ0v) is 19.9. The van der Waals surface area contributed by atoms with Gasteiger partial charge >= 0.3 is 0 Å². The molecule has 0 bridgehead atoms. The summed E-state index contributed by atoms with van der Waals surface area (Å²) < 4.78 is 21.3. The third kappa shape index (κ3) is 5.54. The number of carbonyl (C=O) groups excluding carboxylic acids is 1. The summed E-state index contributed by atoms with van der Waals surface area (Å²) in [7, 11) is 1.80. The van der Waals surface area contributed by atoms with Gasteiger partial charge in [-0.2, -0.15) is 0 Å². The number of anilines is 1. The minimum absolute atomic E-state index is 0.0123. The number of hydrogen-bond donors (Lipinski definition) is 0. The van der Waals surface area contributed by atoms with Crippen molar-refractivity contribution in [2.75, 3.05) is 44.0 Å². The van der Waals surface area contributed by atoms with Crippen molar-refractivity contribution < 1.29 is 13.9 Å². The van der Waals surface area contributed by atoms with E-state index in [-0.39, 0.29) is 17.5 Å². The van der Waals surface area contributed by atoms with Gasteiger partial charge in [-0.1, -0.05) is 41.6 Å². The monoisotopic (exact) mass is 469 g/mol. The van der Waals surface area contributed by atoms with Crippen LogP contribution in [-0.4, -0.2) is 64.7 Å². The average Bonchev–Trinajstić information content (AvgIpc) is 3.24.